The van der Waals surface area contributed by atoms with E-state index in [9.17, 15) is 0 Å². The molecule has 0 saturated heterocycles. The van der Waals surface area contributed by atoms with Crippen molar-refractivity contribution >= 4 is 108 Å². The first kappa shape index (κ1) is 140. The van der Waals surface area contributed by atoms with Gasteiger partial charge < -0.3 is 9.80 Å². The molecule has 4 nitrogen and oxygen atoms in total. The summed E-state index contributed by atoms with van der Waals surface area (Å²) in [4.78, 5) is 4.54. The Morgan fingerprint density at radius 2 is 0.389 bits per heavy atom. The van der Waals surface area contributed by atoms with Gasteiger partial charge in [-0.3, -0.25) is 0 Å². The first-order valence-corrected chi connectivity index (χ1v) is 55.8. The van der Waals surface area contributed by atoms with Crippen molar-refractivity contribution in [2.45, 2.75) is 249 Å². The Kier molecular flexibility index (Phi) is 92.0. The molecule has 0 heterocycles. The Balaban J connectivity index is -0.000000858. The number of nitrogens with zero attached hydrogens (tertiary/aromatic N) is 4. The lowest BCUT2D eigenvalue weighted by Gasteiger charge is -2.25. The number of para-hydroxylation sites is 6. The summed E-state index contributed by atoms with van der Waals surface area (Å²) in [6, 6.07) is 164. The van der Waals surface area contributed by atoms with Crippen LogP contribution in [0.4, 0.5) is 45.5 Å². The summed E-state index contributed by atoms with van der Waals surface area (Å²) in [6.07, 6.45) is 12.6. The molecule has 0 fully saturated rings. The average molecular weight is 1990 g/mol. The van der Waals surface area contributed by atoms with Crippen LogP contribution in [0.2, 0.25) is 0 Å². The van der Waals surface area contributed by atoms with Gasteiger partial charge in [-0.25, -0.2) is 5.01 Å². The number of anilines is 8. The second-order valence-corrected chi connectivity index (χ2v) is 28.1. The van der Waals surface area contributed by atoms with Crippen LogP contribution in [0.5, 0.6) is 0 Å². The molecular formula is C145H192N4. The monoisotopic (exact) mass is 1990 g/mol. The highest BCUT2D eigenvalue weighted by atomic mass is 15.5. The molecule has 0 aliphatic carbocycles. The van der Waals surface area contributed by atoms with E-state index in [0.717, 1.165) is 62.2 Å². The summed E-state index contributed by atoms with van der Waals surface area (Å²) >= 11 is 0. The van der Waals surface area contributed by atoms with Gasteiger partial charge >= 0.3 is 0 Å². The van der Waals surface area contributed by atoms with Crippen molar-refractivity contribution in [3.63, 3.8) is 0 Å². The normalized spacial score (nSPS) is 9.17. The van der Waals surface area contributed by atoms with Crippen LogP contribution < -0.4 is 14.8 Å². The van der Waals surface area contributed by atoms with Crippen LogP contribution in [0, 0.1) is 20.8 Å². The first-order chi connectivity index (χ1) is 73.8. The van der Waals surface area contributed by atoms with Gasteiger partial charge in [-0.1, -0.05) is 634 Å². The van der Waals surface area contributed by atoms with Gasteiger partial charge in [0.25, 0.3) is 0 Å². The zero-order valence-electron chi connectivity index (χ0n) is 98.8. The van der Waals surface area contributed by atoms with Gasteiger partial charge in [-0.2, -0.15) is 5.10 Å². The van der Waals surface area contributed by atoms with E-state index in [1.807, 2.05) is 330 Å². The quantitative estimate of drug-likeness (QED) is 0.0316. The molecule has 18 aromatic carbocycles. The predicted octanol–water partition coefficient (Wildman–Crippen LogP) is 48.0. The molecule has 0 atom stereocenters. The van der Waals surface area contributed by atoms with Crippen molar-refractivity contribution in [3.8, 4) is 11.1 Å². The van der Waals surface area contributed by atoms with E-state index >= 15 is 0 Å². The summed E-state index contributed by atoms with van der Waals surface area (Å²) in [7, 11) is 0. The molecule has 0 N–H and O–H groups in total. The van der Waals surface area contributed by atoms with Crippen LogP contribution >= 0.6 is 0 Å². The van der Waals surface area contributed by atoms with Crippen molar-refractivity contribution in [2.24, 2.45) is 5.10 Å². The second-order valence-electron chi connectivity index (χ2n) is 28.1. The second kappa shape index (κ2) is 97.7. The van der Waals surface area contributed by atoms with Crippen molar-refractivity contribution < 1.29 is 0 Å². The standard InChI is InChI=1S/C39H31N3.C29H25N.C16H14.C12H10.C10H8.C7H8.16C2H6/c1-5-13-35(14-6-1)41(36-15-7-2-8-16-36)37-29-27-33(28-30-37)22-21-32-23-25-34(26-24-32)31-40-42(38-17-9-3-10-18-38)39-19-11-4-12-20-39;1-24(26-14-5-2-6-15-26)12-11-13-25-20-22-29(23-21-25)30(27-16-7-3-8-17-27)28-18-9-4-10-19-28;1-11-12(2)14-8-4-6-10-16(14)15-9-5-3-7-13(11)15;1-3-7-11(8-4-1)12-9-5-2-6-10-12;1-2-6-10-8-4-3-7-9(10)5-1;1-7-5-3-2-4-6-7;16*1-2/h1-31H;2-23H,1H3;3-10H,1-2H3;1-10H;1-8H;2-6H,1H3;16*1-2H3/b22-21+,40-31+;;;;;;;;;;;;;;;;;;;;;. The van der Waals surface area contributed by atoms with Gasteiger partial charge in [0, 0.05) is 34.1 Å². The minimum atomic E-state index is 1.01. The van der Waals surface area contributed by atoms with Crippen LogP contribution in [0.15, 0.2) is 490 Å². The third-order valence-corrected chi connectivity index (χ3v) is 19.9. The fraction of sp³-hybridized carbons (Fsp3) is 0.248. The van der Waals surface area contributed by atoms with Crippen molar-refractivity contribution in [3.05, 3.63) is 530 Å². The maximum absolute atomic E-state index is 4.81. The zero-order valence-corrected chi connectivity index (χ0v) is 98.8. The Hall–Kier alpha value is -15.0. The summed E-state index contributed by atoms with van der Waals surface area (Å²) in [5.74, 6) is 0. The largest absolute Gasteiger partial charge is 0.311 e. The van der Waals surface area contributed by atoms with Gasteiger partial charge in [-0.15, -0.1) is 0 Å². The number of benzene rings is 18. The molecular weight excluding hydrogens is 1800 g/mol. The third-order valence-electron chi connectivity index (χ3n) is 19.9. The van der Waals surface area contributed by atoms with Gasteiger partial charge in [0.1, 0.15) is 0 Å². The molecule has 0 saturated carbocycles. The maximum atomic E-state index is 4.81. The fourth-order valence-electron chi connectivity index (χ4n) is 13.6. The van der Waals surface area contributed by atoms with Crippen molar-refractivity contribution in [2.75, 3.05) is 14.8 Å². The summed E-state index contributed by atoms with van der Waals surface area (Å²) in [5, 5.41) is 14.9. The lowest BCUT2D eigenvalue weighted by Crippen LogP contribution is -2.09. The van der Waals surface area contributed by atoms with Crippen LogP contribution in [0.3, 0.4) is 0 Å². The van der Waals surface area contributed by atoms with E-state index < -0.39 is 0 Å². The van der Waals surface area contributed by atoms with Crippen molar-refractivity contribution in [1.82, 2.24) is 0 Å². The van der Waals surface area contributed by atoms with Crippen molar-refractivity contribution in [1.29, 1.82) is 0 Å². The van der Waals surface area contributed by atoms with Gasteiger partial charge in [0.2, 0.25) is 0 Å². The van der Waals surface area contributed by atoms with Crippen LogP contribution in [-0.4, -0.2) is 6.21 Å². The highest BCUT2D eigenvalue weighted by Gasteiger charge is 2.15. The highest BCUT2D eigenvalue weighted by Crippen LogP contribution is 2.38. The first-order valence-electron chi connectivity index (χ1n) is 55.8. The predicted molar refractivity (Wildman–Crippen MR) is 689 cm³/mol. The molecule has 0 radical (unpaired) electrons. The molecule has 4 heteroatoms. The van der Waals surface area contributed by atoms with Crippen LogP contribution in [0.1, 0.15) is 273 Å². The number of aryl methyl sites for hydroxylation is 3. The van der Waals surface area contributed by atoms with Gasteiger partial charge in [0.15, 0.2) is 0 Å². The Morgan fingerprint density at radius 3 is 0.651 bits per heavy atom. The lowest BCUT2D eigenvalue weighted by atomic mass is 9.93. The Labute approximate surface area is 911 Å². The SMILES string of the molecule is C(=C\c1ccc(N(c2ccccc2)c2ccccc2)cc1)/c1ccc(/C=N/N(c2ccccc2)c2ccccc2)cc1.CC.CC.CC.CC.CC.CC.CC.CC.CC.CC.CC.CC.CC.CC.CC.CC.CC(=CC=Cc1ccc(N(c2ccccc2)c2ccccc2)cc1)c1ccccc1.Cc1c(C)c2ccccc2c2ccccc12.Cc1ccccc1.c1ccc(-c2ccccc2)cc1.c1ccc2ccccc2c1. The molecule has 0 amide bonds. The number of hydrogen-bond acceptors (Lipinski definition) is 4. The van der Waals surface area contributed by atoms with E-state index in [-0.39, 0.29) is 0 Å². The van der Waals surface area contributed by atoms with E-state index in [0.29, 0.717) is 0 Å². The van der Waals surface area contributed by atoms with Gasteiger partial charge in [-0.05, 0) is 213 Å². The Morgan fingerprint density at radius 1 is 0.188 bits per heavy atom. The minimum absolute atomic E-state index is 1.01. The molecule has 0 aliphatic heterocycles. The molecule has 0 unspecified atom stereocenters. The van der Waals surface area contributed by atoms with Crippen LogP contribution in [-0.2, 0) is 0 Å². The summed E-state index contributed by atoms with van der Waals surface area (Å²) in [6.45, 7) is 72.6. The molecule has 149 heavy (non-hydrogen) atoms. The number of hydrogen-bond donors (Lipinski definition) is 0. The molecule has 18 rings (SSSR count). The molecule has 0 aliphatic rings. The number of rotatable bonds is 16. The molecule has 18 aromatic rings. The molecule has 0 bridgehead atoms. The van der Waals surface area contributed by atoms with E-state index in [1.54, 1.807) is 0 Å². The number of allylic oxidation sites excluding steroid dienone is 3. The third kappa shape index (κ3) is 53.3. The maximum Gasteiger partial charge on any atom is 0.0652 e. The molecule has 0 aromatic heterocycles. The smallest absolute Gasteiger partial charge is 0.0652 e. The topological polar surface area (TPSA) is 22.1 Å². The zero-order chi connectivity index (χ0) is 112. The summed E-state index contributed by atoms with van der Waals surface area (Å²) < 4.78 is 0. The lowest BCUT2D eigenvalue weighted by molar-refractivity contribution is 1.09. The fourth-order valence-corrected chi connectivity index (χ4v) is 13.6. The summed E-state index contributed by atoms with van der Waals surface area (Å²) in [5.41, 5.74) is 22.5. The molecule has 792 valence electrons. The number of fused-ring (bicyclic) bond motifs is 4. The number of hydrazone groups is 1. The van der Waals surface area contributed by atoms with E-state index in [1.165, 1.54) is 76.8 Å². The van der Waals surface area contributed by atoms with Crippen LogP contribution in [0.25, 0.3) is 67.2 Å². The molecule has 0 spiro atoms. The van der Waals surface area contributed by atoms with Gasteiger partial charge in [0.05, 0.1) is 17.6 Å². The average Bonchev–Trinajstić information content (AvgIpc) is 0.763. The van der Waals surface area contributed by atoms with E-state index in [2.05, 4.69) is 444 Å². The highest BCUT2D eigenvalue weighted by molar-refractivity contribution is 6.10. The Bertz CT molecular complexity index is 5810. The minimum Gasteiger partial charge on any atom is -0.311 e. The van der Waals surface area contributed by atoms with E-state index in [4.69, 9.17) is 5.10 Å².